The molecule has 2 heterocycles. The molecule has 1 unspecified atom stereocenters. The Kier molecular flexibility index (Phi) is 5.34. The fraction of sp³-hybridized carbons (Fsp3) is 0.857. The SMILES string of the molecule is CC(C)N1CCCC(NCCc2ncn(C)n2)CC1. The van der Waals surface area contributed by atoms with Crippen LogP contribution in [0.15, 0.2) is 6.33 Å². The van der Waals surface area contributed by atoms with Crippen LogP contribution in [-0.2, 0) is 13.5 Å². The summed E-state index contributed by atoms with van der Waals surface area (Å²) in [5.41, 5.74) is 0. The van der Waals surface area contributed by atoms with E-state index in [0.29, 0.717) is 12.1 Å². The summed E-state index contributed by atoms with van der Waals surface area (Å²) in [7, 11) is 1.91. The van der Waals surface area contributed by atoms with E-state index in [4.69, 9.17) is 0 Å². The van der Waals surface area contributed by atoms with E-state index < -0.39 is 0 Å². The van der Waals surface area contributed by atoms with Crippen LogP contribution < -0.4 is 5.32 Å². The van der Waals surface area contributed by atoms with Gasteiger partial charge in [-0.15, -0.1) is 0 Å². The van der Waals surface area contributed by atoms with Gasteiger partial charge in [-0.1, -0.05) is 0 Å². The van der Waals surface area contributed by atoms with Crippen molar-refractivity contribution in [3.8, 4) is 0 Å². The Bertz CT molecular complexity index is 374. The highest BCUT2D eigenvalue weighted by atomic mass is 15.3. The van der Waals surface area contributed by atoms with E-state index in [1.54, 1.807) is 11.0 Å². The lowest BCUT2D eigenvalue weighted by Gasteiger charge is -2.24. The molecule has 1 fully saturated rings. The first-order chi connectivity index (χ1) is 9.15. The fourth-order valence-corrected chi connectivity index (χ4v) is 2.73. The van der Waals surface area contributed by atoms with E-state index in [2.05, 4.69) is 34.1 Å². The molecule has 5 nitrogen and oxygen atoms in total. The molecule has 0 aliphatic carbocycles. The van der Waals surface area contributed by atoms with E-state index >= 15 is 0 Å². The average Bonchev–Trinajstić information content (AvgIpc) is 2.64. The maximum absolute atomic E-state index is 4.30. The second kappa shape index (κ2) is 7.01. The van der Waals surface area contributed by atoms with Gasteiger partial charge in [0.05, 0.1) is 0 Å². The normalized spacial score (nSPS) is 21.8. The quantitative estimate of drug-likeness (QED) is 0.869. The van der Waals surface area contributed by atoms with Crippen LogP contribution in [-0.4, -0.2) is 51.4 Å². The summed E-state index contributed by atoms with van der Waals surface area (Å²) < 4.78 is 1.77. The molecule has 19 heavy (non-hydrogen) atoms. The number of hydrogen-bond donors (Lipinski definition) is 1. The molecule has 0 radical (unpaired) electrons. The molecular weight excluding hydrogens is 238 g/mol. The molecule has 1 aromatic heterocycles. The first kappa shape index (κ1) is 14.5. The minimum Gasteiger partial charge on any atom is -0.313 e. The van der Waals surface area contributed by atoms with Gasteiger partial charge in [-0.05, 0) is 46.2 Å². The Morgan fingerprint density at radius 1 is 1.37 bits per heavy atom. The van der Waals surface area contributed by atoms with Crippen LogP contribution in [0.4, 0.5) is 0 Å². The van der Waals surface area contributed by atoms with Crippen molar-refractivity contribution < 1.29 is 0 Å². The standard InChI is InChI=1S/C14H27N5/c1-12(2)19-9-4-5-13(7-10-19)15-8-6-14-16-11-18(3)17-14/h11-13,15H,4-10H2,1-3H3. The molecule has 1 aliphatic heterocycles. The number of aromatic nitrogens is 3. The third kappa shape index (κ3) is 4.58. The summed E-state index contributed by atoms with van der Waals surface area (Å²) in [5, 5.41) is 7.97. The Balaban J connectivity index is 1.68. The molecule has 0 spiro atoms. The van der Waals surface area contributed by atoms with E-state index in [1.807, 2.05) is 7.05 Å². The van der Waals surface area contributed by atoms with Gasteiger partial charge >= 0.3 is 0 Å². The predicted octanol–water partition coefficient (Wildman–Crippen LogP) is 1.21. The Hall–Kier alpha value is -0.940. The summed E-state index contributed by atoms with van der Waals surface area (Å²) >= 11 is 0. The van der Waals surface area contributed by atoms with Crippen molar-refractivity contribution in [2.24, 2.45) is 7.05 Å². The van der Waals surface area contributed by atoms with Gasteiger partial charge in [0.2, 0.25) is 0 Å². The van der Waals surface area contributed by atoms with Crippen molar-refractivity contribution in [3.05, 3.63) is 12.2 Å². The molecule has 0 bridgehead atoms. The Labute approximate surface area is 116 Å². The number of likely N-dealkylation sites (tertiary alicyclic amines) is 1. The number of nitrogens with zero attached hydrogens (tertiary/aromatic N) is 4. The molecule has 1 aliphatic rings. The van der Waals surface area contributed by atoms with E-state index in [9.17, 15) is 0 Å². The number of rotatable bonds is 5. The molecule has 2 rings (SSSR count). The van der Waals surface area contributed by atoms with Crippen molar-refractivity contribution in [2.45, 2.75) is 51.6 Å². The predicted molar refractivity (Wildman–Crippen MR) is 77.1 cm³/mol. The third-order valence-electron chi connectivity index (χ3n) is 3.92. The first-order valence-electron chi connectivity index (χ1n) is 7.47. The van der Waals surface area contributed by atoms with Crippen molar-refractivity contribution in [1.29, 1.82) is 0 Å². The van der Waals surface area contributed by atoms with Crippen molar-refractivity contribution in [1.82, 2.24) is 25.0 Å². The van der Waals surface area contributed by atoms with Gasteiger partial charge in [0.25, 0.3) is 0 Å². The Morgan fingerprint density at radius 2 is 2.21 bits per heavy atom. The van der Waals surface area contributed by atoms with Crippen LogP contribution >= 0.6 is 0 Å². The minimum atomic E-state index is 0.660. The zero-order chi connectivity index (χ0) is 13.7. The summed E-state index contributed by atoms with van der Waals surface area (Å²) in [5.74, 6) is 0.937. The number of hydrogen-bond acceptors (Lipinski definition) is 4. The lowest BCUT2D eigenvalue weighted by atomic mass is 10.1. The second-order valence-electron chi connectivity index (χ2n) is 5.80. The number of nitrogens with one attached hydrogen (secondary N) is 1. The van der Waals surface area contributed by atoms with Gasteiger partial charge in [0.1, 0.15) is 6.33 Å². The molecular formula is C14H27N5. The van der Waals surface area contributed by atoms with E-state index in [-0.39, 0.29) is 0 Å². The molecule has 1 N–H and O–H groups in total. The second-order valence-corrected chi connectivity index (χ2v) is 5.80. The molecule has 5 heteroatoms. The van der Waals surface area contributed by atoms with E-state index in [1.165, 1.54) is 32.4 Å². The van der Waals surface area contributed by atoms with Crippen molar-refractivity contribution in [2.75, 3.05) is 19.6 Å². The summed E-state index contributed by atoms with van der Waals surface area (Å²) in [6, 6.07) is 1.34. The highest BCUT2D eigenvalue weighted by molar-refractivity contribution is 4.83. The molecule has 1 atom stereocenters. The minimum absolute atomic E-state index is 0.660. The molecule has 1 saturated heterocycles. The first-order valence-corrected chi connectivity index (χ1v) is 7.47. The van der Waals surface area contributed by atoms with Crippen LogP contribution in [0.1, 0.15) is 38.9 Å². The van der Waals surface area contributed by atoms with Gasteiger partial charge in [0.15, 0.2) is 5.82 Å². The van der Waals surface area contributed by atoms with E-state index in [0.717, 1.165) is 18.8 Å². The molecule has 0 amide bonds. The summed E-state index contributed by atoms with van der Waals surface area (Å²) in [6.07, 6.45) is 6.54. The van der Waals surface area contributed by atoms with Crippen LogP contribution in [0, 0.1) is 0 Å². The Morgan fingerprint density at radius 3 is 2.89 bits per heavy atom. The number of aryl methyl sites for hydroxylation is 1. The average molecular weight is 265 g/mol. The highest BCUT2D eigenvalue weighted by Gasteiger charge is 2.18. The molecule has 1 aromatic rings. The molecule has 108 valence electrons. The monoisotopic (exact) mass is 265 g/mol. The zero-order valence-electron chi connectivity index (χ0n) is 12.5. The zero-order valence-corrected chi connectivity index (χ0v) is 12.5. The van der Waals surface area contributed by atoms with Gasteiger partial charge in [-0.3, -0.25) is 4.68 Å². The fourth-order valence-electron chi connectivity index (χ4n) is 2.73. The lowest BCUT2D eigenvalue weighted by molar-refractivity contribution is 0.229. The van der Waals surface area contributed by atoms with Crippen LogP contribution in [0.3, 0.4) is 0 Å². The van der Waals surface area contributed by atoms with Gasteiger partial charge in [-0.2, -0.15) is 5.10 Å². The summed E-state index contributed by atoms with van der Waals surface area (Å²) in [6.45, 7) is 8.03. The van der Waals surface area contributed by atoms with Gasteiger partial charge in [-0.25, -0.2) is 4.98 Å². The van der Waals surface area contributed by atoms with Crippen LogP contribution in [0.25, 0.3) is 0 Å². The topological polar surface area (TPSA) is 46.0 Å². The van der Waals surface area contributed by atoms with Crippen molar-refractivity contribution >= 4 is 0 Å². The van der Waals surface area contributed by atoms with Crippen LogP contribution in [0.5, 0.6) is 0 Å². The van der Waals surface area contributed by atoms with Gasteiger partial charge in [0, 0.05) is 32.1 Å². The van der Waals surface area contributed by atoms with Gasteiger partial charge < -0.3 is 10.2 Å². The van der Waals surface area contributed by atoms with Crippen LogP contribution in [0.2, 0.25) is 0 Å². The highest BCUT2D eigenvalue weighted by Crippen LogP contribution is 2.13. The largest absolute Gasteiger partial charge is 0.313 e. The maximum Gasteiger partial charge on any atom is 0.151 e. The molecule has 0 saturated carbocycles. The lowest BCUT2D eigenvalue weighted by Crippen LogP contribution is -2.34. The van der Waals surface area contributed by atoms with Crippen molar-refractivity contribution in [3.63, 3.8) is 0 Å². The molecule has 0 aromatic carbocycles. The third-order valence-corrected chi connectivity index (χ3v) is 3.92. The summed E-state index contributed by atoms with van der Waals surface area (Å²) in [4.78, 5) is 6.84. The smallest absolute Gasteiger partial charge is 0.151 e. The maximum atomic E-state index is 4.30.